The lowest BCUT2D eigenvalue weighted by atomic mass is 10.1. The highest BCUT2D eigenvalue weighted by molar-refractivity contribution is 5.99. The van der Waals surface area contributed by atoms with Crippen LogP contribution in [0, 0.1) is 5.92 Å². The van der Waals surface area contributed by atoms with Gasteiger partial charge < -0.3 is 15.5 Å². The molecule has 0 bridgehead atoms. The quantitative estimate of drug-likeness (QED) is 0.831. The Hall–Kier alpha value is -1.55. The second-order valence-electron chi connectivity index (χ2n) is 4.54. The monoisotopic (exact) mass is 233 g/mol. The Bertz CT molecular complexity index is 419. The summed E-state index contributed by atoms with van der Waals surface area (Å²) in [5, 5.41) is 0. The summed E-state index contributed by atoms with van der Waals surface area (Å²) in [6.45, 7) is 3.87. The molecule has 4 heteroatoms. The predicted molar refractivity (Wildman–Crippen MR) is 70.3 cm³/mol. The number of likely N-dealkylation sites (N-methyl/N-ethyl adjacent to an activating group) is 1. The molecular formula is C13H19N3O. The minimum atomic E-state index is -0.119. The van der Waals surface area contributed by atoms with Crippen LogP contribution in [0.2, 0.25) is 0 Å². The zero-order chi connectivity index (χ0) is 12.4. The van der Waals surface area contributed by atoms with Gasteiger partial charge in [-0.25, -0.2) is 0 Å². The fourth-order valence-electron chi connectivity index (χ4n) is 2.10. The number of rotatable bonds is 2. The van der Waals surface area contributed by atoms with Crippen molar-refractivity contribution in [2.75, 3.05) is 36.5 Å². The van der Waals surface area contributed by atoms with Crippen molar-refractivity contribution in [3.8, 4) is 0 Å². The van der Waals surface area contributed by atoms with Crippen LogP contribution in [0.25, 0.3) is 0 Å². The second-order valence-corrected chi connectivity index (χ2v) is 4.54. The highest BCUT2D eigenvalue weighted by Crippen LogP contribution is 2.32. The first-order valence-electron chi connectivity index (χ1n) is 5.96. The third-order valence-corrected chi connectivity index (χ3v) is 3.28. The Kier molecular flexibility index (Phi) is 3.33. The van der Waals surface area contributed by atoms with Gasteiger partial charge in [0.15, 0.2) is 0 Å². The Labute approximate surface area is 102 Å². The van der Waals surface area contributed by atoms with Crippen LogP contribution in [0.1, 0.15) is 6.92 Å². The van der Waals surface area contributed by atoms with Gasteiger partial charge in [-0.1, -0.05) is 19.1 Å². The van der Waals surface area contributed by atoms with E-state index >= 15 is 0 Å². The van der Waals surface area contributed by atoms with E-state index in [0.29, 0.717) is 6.54 Å². The van der Waals surface area contributed by atoms with Crippen molar-refractivity contribution < 1.29 is 4.79 Å². The van der Waals surface area contributed by atoms with Gasteiger partial charge >= 0.3 is 0 Å². The number of carbonyl (C=O) groups is 1. The average Bonchev–Trinajstić information content (AvgIpc) is 2.38. The number of hydrogen-bond acceptors (Lipinski definition) is 3. The predicted octanol–water partition coefficient (Wildman–Crippen LogP) is 1.06. The molecule has 2 N–H and O–H groups in total. The van der Waals surface area contributed by atoms with E-state index in [-0.39, 0.29) is 11.8 Å². The van der Waals surface area contributed by atoms with Gasteiger partial charge in [0, 0.05) is 32.6 Å². The van der Waals surface area contributed by atoms with Gasteiger partial charge in [0.1, 0.15) is 0 Å². The van der Waals surface area contributed by atoms with Crippen molar-refractivity contribution >= 4 is 17.3 Å². The molecule has 4 nitrogen and oxygen atoms in total. The molecule has 2 rings (SSSR count). The molecule has 1 aromatic rings. The summed E-state index contributed by atoms with van der Waals surface area (Å²) in [5.74, 6) is -0.000452. The zero-order valence-electron chi connectivity index (χ0n) is 10.4. The van der Waals surface area contributed by atoms with Crippen molar-refractivity contribution in [1.82, 2.24) is 0 Å². The standard InChI is InChI=1S/C13H19N3O/c1-10(9-14)13(17)16-8-7-15(2)11-5-3-4-6-12(11)16/h3-6,10H,7-9,14H2,1-2H3. The smallest absolute Gasteiger partial charge is 0.231 e. The Balaban J connectivity index is 2.33. The van der Waals surface area contributed by atoms with E-state index in [4.69, 9.17) is 5.73 Å². The average molecular weight is 233 g/mol. The minimum Gasteiger partial charge on any atom is -0.371 e. The van der Waals surface area contributed by atoms with E-state index in [1.165, 1.54) is 0 Å². The number of nitrogens with zero attached hydrogens (tertiary/aromatic N) is 2. The SMILES string of the molecule is CC(CN)C(=O)N1CCN(C)c2ccccc21. The van der Waals surface area contributed by atoms with E-state index in [9.17, 15) is 4.79 Å². The van der Waals surface area contributed by atoms with Crippen LogP contribution in [-0.2, 0) is 4.79 Å². The number of hydrogen-bond donors (Lipinski definition) is 1. The second kappa shape index (κ2) is 4.75. The Morgan fingerprint density at radius 2 is 2.00 bits per heavy atom. The highest BCUT2D eigenvalue weighted by Gasteiger charge is 2.27. The van der Waals surface area contributed by atoms with E-state index in [2.05, 4.69) is 4.90 Å². The summed E-state index contributed by atoms with van der Waals surface area (Å²) < 4.78 is 0. The van der Waals surface area contributed by atoms with Gasteiger partial charge in [-0.05, 0) is 12.1 Å². The van der Waals surface area contributed by atoms with Crippen molar-refractivity contribution in [3.63, 3.8) is 0 Å². The van der Waals surface area contributed by atoms with Gasteiger partial charge in [-0.2, -0.15) is 0 Å². The normalized spacial score (nSPS) is 16.6. The molecule has 1 amide bonds. The summed E-state index contributed by atoms with van der Waals surface area (Å²) in [6.07, 6.45) is 0. The molecule has 1 heterocycles. The molecule has 1 aliphatic rings. The van der Waals surface area contributed by atoms with Gasteiger partial charge in [-0.3, -0.25) is 4.79 Å². The molecule has 0 radical (unpaired) electrons. The maximum Gasteiger partial charge on any atom is 0.231 e. The third-order valence-electron chi connectivity index (χ3n) is 3.28. The number of nitrogens with two attached hydrogens (primary N) is 1. The lowest BCUT2D eigenvalue weighted by Crippen LogP contribution is -2.45. The topological polar surface area (TPSA) is 49.6 Å². The lowest BCUT2D eigenvalue weighted by molar-refractivity contribution is -0.121. The molecular weight excluding hydrogens is 214 g/mol. The number of amides is 1. The summed E-state index contributed by atoms with van der Waals surface area (Å²) in [4.78, 5) is 16.3. The van der Waals surface area contributed by atoms with Crippen molar-refractivity contribution in [2.45, 2.75) is 6.92 Å². The van der Waals surface area contributed by atoms with E-state index < -0.39 is 0 Å². The zero-order valence-corrected chi connectivity index (χ0v) is 10.4. The maximum absolute atomic E-state index is 12.2. The molecule has 1 aliphatic heterocycles. The summed E-state index contributed by atoms with van der Waals surface area (Å²) in [7, 11) is 2.05. The number of fused-ring (bicyclic) bond motifs is 1. The molecule has 0 spiro atoms. The van der Waals surface area contributed by atoms with Gasteiger partial charge in [-0.15, -0.1) is 0 Å². The molecule has 0 aromatic heterocycles. The first-order chi connectivity index (χ1) is 8.15. The van der Waals surface area contributed by atoms with E-state index in [0.717, 1.165) is 24.5 Å². The van der Waals surface area contributed by atoms with Crippen LogP contribution < -0.4 is 15.5 Å². The highest BCUT2D eigenvalue weighted by atomic mass is 16.2. The molecule has 1 unspecified atom stereocenters. The van der Waals surface area contributed by atoms with Crippen molar-refractivity contribution in [3.05, 3.63) is 24.3 Å². The number of carbonyl (C=O) groups excluding carboxylic acids is 1. The van der Waals surface area contributed by atoms with E-state index in [1.807, 2.05) is 43.1 Å². The lowest BCUT2D eigenvalue weighted by Gasteiger charge is -2.36. The molecule has 17 heavy (non-hydrogen) atoms. The molecule has 0 saturated heterocycles. The molecule has 0 aliphatic carbocycles. The maximum atomic E-state index is 12.2. The fourth-order valence-corrected chi connectivity index (χ4v) is 2.10. The fraction of sp³-hybridized carbons (Fsp3) is 0.462. The van der Waals surface area contributed by atoms with Crippen molar-refractivity contribution in [2.24, 2.45) is 11.7 Å². The van der Waals surface area contributed by atoms with E-state index in [1.54, 1.807) is 0 Å². The number of para-hydroxylation sites is 2. The van der Waals surface area contributed by atoms with Gasteiger partial charge in [0.25, 0.3) is 0 Å². The Morgan fingerprint density at radius 3 is 2.65 bits per heavy atom. The molecule has 0 fully saturated rings. The molecule has 0 saturated carbocycles. The summed E-state index contributed by atoms with van der Waals surface area (Å²) in [5.41, 5.74) is 7.67. The number of benzene rings is 1. The molecule has 1 aromatic carbocycles. The summed E-state index contributed by atoms with van der Waals surface area (Å²) in [6, 6.07) is 8.00. The largest absolute Gasteiger partial charge is 0.371 e. The van der Waals surface area contributed by atoms with Gasteiger partial charge in [0.05, 0.1) is 11.4 Å². The first kappa shape index (κ1) is 11.9. The minimum absolute atomic E-state index is 0.119. The molecule has 92 valence electrons. The van der Waals surface area contributed by atoms with Gasteiger partial charge in [0.2, 0.25) is 5.91 Å². The third kappa shape index (κ3) is 2.13. The Morgan fingerprint density at radius 1 is 1.35 bits per heavy atom. The van der Waals surface area contributed by atoms with Crippen LogP contribution in [0.15, 0.2) is 24.3 Å². The van der Waals surface area contributed by atoms with Crippen LogP contribution in [0.3, 0.4) is 0 Å². The van der Waals surface area contributed by atoms with Crippen LogP contribution in [0.5, 0.6) is 0 Å². The van der Waals surface area contributed by atoms with Crippen molar-refractivity contribution in [1.29, 1.82) is 0 Å². The summed E-state index contributed by atoms with van der Waals surface area (Å²) >= 11 is 0. The first-order valence-corrected chi connectivity index (χ1v) is 5.96. The number of anilines is 2. The van der Waals surface area contributed by atoms with Crippen LogP contribution in [-0.4, -0.2) is 32.6 Å². The van der Waals surface area contributed by atoms with Crippen LogP contribution >= 0.6 is 0 Å². The molecule has 1 atom stereocenters. The van der Waals surface area contributed by atoms with Crippen LogP contribution in [0.4, 0.5) is 11.4 Å².